The van der Waals surface area contributed by atoms with Gasteiger partial charge in [-0.15, -0.1) is 0 Å². The van der Waals surface area contributed by atoms with Crippen LogP contribution in [0.3, 0.4) is 0 Å². The number of nitrogens with one attached hydrogen (secondary N) is 2. The van der Waals surface area contributed by atoms with E-state index in [2.05, 4.69) is 46.7 Å². The summed E-state index contributed by atoms with van der Waals surface area (Å²) in [6, 6.07) is 14.6. The van der Waals surface area contributed by atoms with Gasteiger partial charge in [0.1, 0.15) is 0 Å². The molecule has 0 unspecified atom stereocenters. The van der Waals surface area contributed by atoms with Gasteiger partial charge in [0.2, 0.25) is 0 Å². The van der Waals surface area contributed by atoms with Crippen molar-refractivity contribution in [2.75, 3.05) is 13.1 Å². The fraction of sp³-hybridized carbons (Fsp3) is 0.391. The molecule has 3 rings (SSSR count). The van der Waals surface area contributed by atoms with Gasteiger partial charge >= 0.3 is 12.0 Å². The zero-order chi connectivity index (χ0) is 20.6. The molecule has 6 heteroatoms. The van der Waals surface area contributed by atoms with Crippen molar-refractivity contribution in [3.63, 3.8) is 0 Å². The van der Waals surface area contributed by atoms with Gasteiger partial charge in [0, 0.05) is 19.6 Å². The van der Waals surface area contributed by atoms with E-state index in [9.17, 15) is 9.59 Å². The summed E-state index contributed by atoms with van der Waals surface area (Å²) in [6.45, 7) is 6.46. The number of benzene rings is 2. The van der Waals surface area contributed by atoms with Gasteiger partial charge in [-0.25, -0.2) is 9.59 Å². The second-order valence-corrected chi connectivity index (χ2v) is 7.81. The lowest BCUT2D eigenvalue weighted by Crippen LogP contribution is -2.34. The van der Waals surface area contributed by atoms with E-state index in [1.807, 2.05) is 0 Å². The van der Waals surface area contributed by atoms with Crippen molar-refractivity contribution in [1.29, 1.82) is 0 Å². The quantitative estimate of drug-likeness (QED) is 0.669. The van der Waals surface area contributed by atoms with Crippen LogP contribution in [0.25, 0.3) is 0 Å². The number of amides is 2. The minimum absolute atomic E-state index is 0.233. The van der Waals surface area contributed by atoms with Crippen LogP contribution in [0.15, 0.2) is 48.5 Å². The molecule has 0 aliphatic carbocycles. The van der Waals surface area contributed by atoms with Crippen molar-refractivity contribution in [2.45, 2.75) is 39.4 Å². The molecule has 6 nitrogen and oxygen atoms in total. The number of hydrogen-bond donors (Lipinski definition) is 3. The number of urea groups is 1. The maximum absolute atomic E-state index is 12.0. The monoisotopic (exact) mass is 395 g/mol. The van der Waals surface area contributed by atoms with E-state index >= 15 is 0 Å². The Balaban J connectivity index is 1.39. The molecule has 1 saturated heterocycles. The standard InChI is InChI=1S/C23H29N3O3/c1-17-10-12-26(13-11-17)16-20-4-2-18(3-5-20)14-24-23(29)25-15-19-6-8-21(9-7-19)22(27)28/h2-9,17H,10-16H2,1H3,(H,27,28)(H2,24,25,29). The number of carboxylic acid groups (broad SMARTS) is 1. The van der Waals surface area contributed by atoms with Crippen LogP contribution in [0.2, 0.25) is 0 Å². The highest BCUT2D eigenvalue weighted by Gasteiger charge is 2.15. The molecule has 0 bridgehead atoms. The van der Waals surface area contributed by atoms with Crippen LogP contribution in [-0.2, 0) is 19.6 Å². The first-order chi connectivity index (χ1) is 14.0. The minimum Gasteiger partial charge on any atom is -0.478 e. The van der Waals surface area contributed by atoms with Gasteiger partial charge in [0.25, 0.3) is 0 Å². The lowest BCUT2D eigenvalue weighted by atomic mass is 9.99. The lowest BCUT2D eigenvalue weighted by molar-refractivity contribution is 0.0697. The molecule has 154 valence electrons. The molecule has 1 fully saturated rings. The van der Waals surface area contributed by atoms with E-state index in [0.29, 0.717) is 13.1 Å². The smallest absolute Gasteiger partial charge is 0.335 e. The third kappa shape index (κ3) is 6.61. The van der Waals surface area contributed by atoms with Crippen LogP contribution in [0.5, 0.6) is 0 Å². The zero-order valence-corrected chi connectivity index (χ0v) is 16.9. The highest BCUT2D eigenvalue weighted by atomic mass is 16.4. The van der Waals surface area contributed by atoms with Crippen LogP contribution in [0.1, 0.15) is 46.8 Å². The molecule has 2 aromatic carbocycles. The summed E-state index contributed by atoms with van der Waals surface area (Å²) in [5.41, 5.74) is 3.44. The van der Waals surface area contributed by atoms with Crippen molar-refractivity contribution in [2.24, 2.45) is 5.92 Å². The number of aromatic carboxylic acids is 1. The molecule has 1 aliphatic heterocycles. The van der Waals surface area contributed by atoms with Crippen molar-refractivity contribution in [3.8, 4) is 0 Å². The predicted octanol–water partition coefficient (Wildman–Crippen LogP) is 3.62. The number of carbonyl (C=O) groups is 2. The number of nitrogens with zero attached hydrogens (tertiary/aromatic N) is 1. The number of hydrogen-bond acceptors (Lipinski definition) is 3. The van der Waals surface area contributed by atoms with Gasteiger partial charge < -0.3 is 15.7 Å². The summed E-state index contributed by atoms with van der Waals surface area (Å²) in [4.78, 5) is 25.4. The van der Waals surface area contributed by atoms with Crippen LogP contribution >= 0.6 is 0 Å². The molecule has 3 N–H and O–H groups in total. The number of likely N-dealkylation sites (tertiary alicyclic amines) is 1. The first-order valence-corrected chi connectivity index (χ1v) is 10.1. The number of piperidine rings is 1. The van der Waals surface area contributed by atoms with Crippen LogP contribution < -0.4 is 10.6 Å². The molecule has 0 aromatic heterocycles. The Morgan fingerprint density at radius 3 is 1.90 bits per heavy atom. The highest BCUT2D eigenvalue weighted by Crippen LogP contribution is 2.18. The molecular weight excluding hydrogens is 366 g/mol. The lowest BCUT2D eigenvalue weighted by Gasteiger charge is -2.30. The van der Waals surface area contributed by atoms with Crippen LogP contribution in [0, 0.1) is 5.92 Å². The Kier molecular flexibility index (Phi) is 7.25. The second kappa shape index (κ2) is 10.1. The largest absolute Gasteiger partial charge is 0.478 e. The summed E-state index contributed by atoms with van der Waals surface area (Å²) >= 11 is 0. The van der Waals surface area contributed by atoms with E-state index in [4.69, 9.17) is 5.11 Å². The third-order valence-electron chi connectivity index (χ3n) is 5.41. The summed E-state index contributed by atoms with van der Waals surface area (Å²) in [5, 5.41) is 14.5. The average Bonchev–Trinajstić information content (AvgIpc) is 2.73. The fourth-order valence-corrected chi connectivity index (χ4v) is 3.43. The van der Waals surface area contributed by atoms with Crippen molar-refractivity contribution in [3.05, 3.63) is 70.8 Å². The molecular formula is C23H29N3O3. The van der Waals surface area contributed by atoms with Crippen LogP contribution in [0.4, 0.5) is 4.79 Å². The van der Waals surface area contributed by atoms with Gasteiger partial charge in [-0.05, 0) is 60.7 Å². The molecule has 0 radical (unpaired) electrons. The van der Waals surface area contributed by atoms with Gasteiger partial charge in [0.15, 0.2) is 0 Å². The first-order valence-electron chi connectivity index (χ1n) is 10.1. The summed E-state index contributed by atoms with van der Waals surface area (Å²) in [6.07, 6.45) is 2.56. The van der Waals surface area contributed by atoms with E-state index in [-0.39, 0.29) is 11.6 Å². The van der Waals surface area contributed by atoms with Crippen molar-refractivity contribution in [1.82, 2.24) is 15.5 Å². The van der Waals surface area contributed by atoms with Gasteiger partial charge in [0.05, 0.1) is 5.56 Å². The van der Waals surface area contributed by atoms with Crippen molar-refractivity contribution < 1.29 is 14.7 Å². The average molecular weight is 396 g/mol. The van der Waals surface area contributed by atoms with E-state index in [1.54, 1.807) is 12.1 Å². The summed E-state index contributed by atoms with van der Waals surface area (Å²) in [5.74, 6) is -0.117. The van der Waals surface area contributed by atoms with E-state index < -0.39 is 5.97 Å². The molecule has 2 amide bonds. The number of carboxylic acids is 1. The number of rotatable bonds is 7. The Morgan fingerprint density at radius 2 is 1.38 bits per heavy atom. The van der Waals surface area contributed by atoms with Crippen molar-refractivity contribution >= 4 is 12.0 Å². The molecule has 1 heterocycles. The topological polar surface area (TPSA) is 81.7 Å². The molecule has 0 spiro atoms. The maximum atomic E-state index is 12.0. The molecule has 29 heavy (non-hydrogen) atoms. The minimum atomic E-state index is -0.959. The Morgan fingerprint density at radius 1 is 0.897 bits per heavy atom. The fourth-order valence-electron chi connectivity index (χ4n) is 3.43. The van der Waals surface area contributed by atoms with Crippen LogP contribution in [-0.4, -0.2) is 35.1 Å². The zero-order valence-electron chi connectivity index (χ0n) is 16.9. The second-order valence-electron chi connectivity index (χ2n) is 7.81. The van der Waals surface area contributed by atoms with Gasteiger partial charge in [-0.1, -0.05) is 43.3 Å². The number of carbonyl (C=O) groups excluding carboxylic acids is 1. The summed E-state index contributed by atoms with van der Waals surface area (Å²) < 4.78 is 0. The third-order valence-corrected chi connectivity index (χ3v) is 5.41. The Hall–Kier alpha value is -2.86. The maximum Gasteiger partial charge on any atom is 0.335 e. The molecule has 0 atom stereocenters. The molecule has 2 aromatic rings. The van der Waals surface area contributed by atoms with Gasteiger partial charge in [-0.2, -0.15) is 0 Å². The predicted molar refractivity (Wildman–Crippen MR) is 113 cm³/mol. The molecule has 0 saturated carbocycles. The Labute approximate surface area is 171 Å². The van der Waals surface area contributed by atoms with E-state index in [1.165, 1.54) is 43.6 Å². The first kappa shape index (κ1) is 20.9. The Bertz CT molecular complexity index is 810. The SMILES string of the molecule is CC1CCN(Cc2ccc(CNC(=O)NCc3ccc(C(=O)O)cc3)cc2)CC1. The molecule has 1 aliphatic rings. The summed E-state index contributed by atoms with van der Waals surface area (Å²) in [7, 11) is 0. The van der Waals surface area contributed by atoms with Gasteiger partial charge in [-0.3, -0.25) is 4.90 Å². The normalized spacial score (nSPS) is 15.1. The highest BCUT2D eigenvalue weighted by molar-refractivity contribution is 5.87. The van der Waals surface area contributed by atoms with E-state index in [0.717, 1.165) is 23.6 Å².